The first-order chi connectivity index (χ1) is 7.65. The Labute approximate surface area is 95.2 Å². The number of nitrogens with one attached hydrogen (secondary N) is 1. The average molecular weight is 223 g/mol. The van der Waals surface area contributed by atoms with Gasteiger partial charge in [0.1, 0.15) is 6.10 Å². The number of aliphatic hydroxyl groups excluding tert-OH is 1. The van der Waals surface area contributed by atoms with Crippen molar-refractivity contribution in [1.29, 1.82) is 0 Å². The van der Waals surface area contributed by atoms with Crippen LogP contribution >= 0.6 is 0 Å². The van der Waals surface area contributed by atoms with Gasteiger partial charge in [-0.1, -0.05) is 24.3 Å². The van der Waals surface area contributed by atoms with Crippen molar-refractivity contribution in [2.45, 2.75) is 26.2 Å². The lowest BCUT2D eigenvalue weighted by atomic mass is 10.1. The summed E-state index contributed by atoms with van der Waals surface area (Å²) in [5.41, 5.74) is 2.04. The van der Waals surface area contributed by atoms with E-state index in [-0.39, 0.29) is 5.91 Å². The van der Waals surface area contributed by atoms with Crippen molar-refractivity contribution in [1.82, 2.24) is 5.32 Å². The van der Waals surface area contributed by atoms with Gasteiger partial charge in [-0.3, -0.25) is 4.79 Å². The lowest BCUT2D eigenvalue weighted by Gasteiger charge is -2.10. The molecule has 0 heterocycles. The van der Waals surface area contributed by atoms with Crippen molar-refractivity contribution in [3.05, 3.63) is 35.4 Å². The fourth-order valence-electron chi connectivity index (χ4n) is 1.36. The summed E-state index contributed by atoms with van der Waals surface area (Å²) >= 11 is 0. The average Bonchev–Trinajstić information content (AvgIpc) is 2.27. The number of hydrogen-bond donors (Lipinski definition) is 2. The molecule has 0 aromatic heterocycles. The van der Waals surface area contributed by atoms with E-state index in [1.54, 1.807) is 7.11 Å². The second-order valence-corrected chi connectivity index (χ2v) is 3.60. The first-order valence-corrected chi connectivity index (χ1v) is 5.16. The van der Waals surface area contributed by atoms with E-state index in [1.807, 2.05) is 24.3 Å². The molecule has 0 bridgehead atoms. The molecule has 4 nitrogen and oxygen atoms in total. The highest BCUT2D eigenvalue weighted by Gasteiger charge is 2.08. The Kier molecular flexibility index (Phi) is 4.95. The van der Waals surface area contributed by atoms with Crippen LogP contribution in [0.15, 0.2) is 24.3 Å². The zero-order chi connectivity index (χ0) is 12.0. The Balaban J connectivity index is 2.62. The zero-order valence-corrected chi connectivity index (χ0v) is 9.56. The topological polar surface area (TPSA) is 58.6 Å². The van der Waals surface area contributed by atoms with Crippen molar-refractivity contribution >= 4 is 5.91 Å². The molecule has 0 radical (unpaired) electrons. The van der Waals surface area contributed by atoms with Crippen LogP contribution < -0.4 is 5.32 Å². The highest BCUT2D eigenvalue weighted by molar-refractivity contribution is 5.79. The van der Waals surface area contributed by atoms with Crippen LogP contribution in [0.2, 0.25) is 0 Å². The summed E-state index contributed by atoms with van der Waals surface area (Å²) in [4.78, 5) is 11.2. The Hall–Kier alpha value is -1.39. The van der Waals surface area contributed by atoms with Gasteiger partial charge in [-0.05, 0) is 18.1 Å². The van der Waals surface area contributed by atoms with Gasteiger partial charge in [0.2, 0.25) is 5.91 Å². The molecular weight excluding hydrogens is 206 g/mol. The molecule has 0 saturated heterocycles. The molecule has 1 aromatic rings. The van der Waals surface area contributed by atoms with Crippen molar-refractivity contribution in [2.24, 2.45) is 0 Å². The largest absolute Gasteiger partial charge is 0.384 e. The van der Waals surface area contributed by atoms with Gasteiger partial charge in [-0.2, -0.15) is 0 Å². The molecule has 4 heteroatoms. The molecule has 0 saturated carbocycles. The molecule has 1 amide bonds. The smallest absolute Gasteiger partial charge is 0.248 e. The zero-order valence-electron chi connectivity index (χ0n) is 9.56. The minimum absolute atomic E-state index is 0.368. The van der Waals surface area contributed by atoms with Gasteiger partial charge in [0.15, 0.2) is 0 Å². The SMILES string of the molecule is COCc1ccccc1CNC(=O)C(C)O. The van der Waals surface area contributed by atoms with E-state index in [4.69, 9.17) is 9.84 Å². The highest BCUT2D eigenvalue weighted by Crippen LogP contribution is 2.09. The van der Waals surface area contributed by atoms with Crippen molar-refractivity contribution in [3.8, 4) is 0 Å². The Morgan fingerprint density at radius 3 is 2.62 bits per heavy atom. The van der Waals surface area contributed by atoms with Crippen LogP contribution in [0.4, 0.5) is 0 Å². The van der Waals surface area contributed by atoms with Gasteiger partial charge in [0.25, 0.3) is 0 Å². The van der Waals surface area contributed by atoms with E-state index < -0.39 is 6.10 Å². The van der Waals surface area contributed by atoms with Crippen molar-refractivity contribution < 1.29 is 14.6 Å². The summed E-state index contributed by atoms with van der Waals surface area (Å²) < 4.78 is 5.06. The number of carbonyl (C=O) groups is 1. The molecule has 16 heavy (non-hydrogen) atoms. The normalized spacial score (nSPS) is 12.2. The number of amides is 1. The van der Waals surface area contributed by atoms with E-state index in [1.165, 1.54) is 6.92 Å². The second-order valence-electron chi connectivity index (χ2n) is 3.60. The van der Waals surface area contributed by atoms with Gasteiger partial charge < -0.3 is 15.2 Å². The lowest BCUT2D eigenvalue weighted by molar-refractivity contribution is -0.128. The van der Waals surface area contributed by atoms with Crippen molar-refractivity contribution in [3.63, 3.8) is 0 Å². The fraction of sp³-hybridized carbons (Fsp3) is 0.417. The van der Waals surface area contributed by atoms with Crippen LogP contribution in [-0.2, 0) is 22.7 Å². The number of benzene rings is 1. The number of carbonyl (C=O) groups excluding carboxylic acids is 1. The van der Waals surface area contributed by atoms with Gasteiger partial charge >= 0.3 is 0 Å². The molecule has 1 unspecified atom stereocenters. The van der Waals surface area contributed by atoms with Crippen LogP contribution in [-0.4, -0.2) is 24.2 Å². The third-order valence-corrected chi connectivity index (χ3v) is 2.25. The second kappa shape index (κ2) is 6.25. The Morgan fingerprint density at radius 1 is 1.44 bits per heavy atom. The lowest BCUT2D eigenvalue weighted by Crippen LogP contribution is -2.32. The first-order valence-electron chi connectivity index (χ1n) is 5.16. The number of ether oxygens (including phenoxy) is 1. The van der Waals surface area contributed by atoms with Gasteiger partial charge in [0, 0.05) is 13.7 Å². The van der Waals surface area contributed by atoms with Crippen LogP contribution in [0.5, 0.6) is 0 Å². The summed E-state index contributed by atoms with van der Waals surface area (Å²) in [7, 11) is 1.63. The van der Waals surface area contributed by atoms with Crippen LogP contribution in [0, 0.1) is 0 Å². The predicted molar refractivity (Wildman–Crippen MR) is 60.7 cm³/mol. The molecule has 0 spiro atoms. The molecule has 1 rings (SSSR count). The number of methoxy groups -OCH3 is 1. The molecule has 0 aliphatic heterocycles. The summed E-state index contributed by atoms with van der Waals surface area (Å²) in [6.45, 7) is 2.36. The molecule has 2 N–H and O–H groups in total. The van der Waals surface area contributed by atoms with E-state index in [2.05, 4.69) is 5.32 Å². The van der Waals surface area contributed by atoms with Crippen LogP contribution in [0.3, 0.4) is 0 Å². The fourth-order valence-corrected chi connectivity index (χ4v) is 1.36. The van der Waals surface area contributed by atoms with Gasteiger partial charge in [-0.25, -0.2) is 0 Å². The van der Waals surface area contributed by atoms with E-state index in [9.17, 15) is 4.79 Å². The highest BCUT2D eigenvalue weighted by atomic mass is 16.5. The Bertz CT molecular complexity index is 350. The van der Waals surface area contributed by atoms with Crippen LogP contribution in [0.1, 0.15) is 18.1 Å². The summed E-state index contributed by atoms with van der Waals surface area (Å²) in [5, 5.41) is 11.7. The molecular formula is C12H17NO3. The molecule has 88 valence electrons. The molecule has 1 aromatic carbocycles. The maximum absolute atomic E-state index is 11.2. The standard InChI is InChI=1S/C12H17NO3/c1-9(14)12(15)13-7-10-5-3-4-6-11(10)8-16-2/h3-6,9,14H,7-8H2,1-2H3,(H,13,15). The van der Waals surface area contributed by atoms with E-state index in [0.717, 1.165) is 11.1 Å². The quantitative estimate of drug-likeness (QED) is 0.777. The summed E-state index contributed by atoms with van der Waals surface area (Å²) in [5.74, 6) is -0.368. The molecule has 0 aliphatic rings. The Morgan fingerprint density at radius 2 is 2.06 bits per heavy atom. The van der Waals surface area contributed by atoms with Crippen molar-refractivity contribution in [2.75, 3.05) is 7.11 Å². The van der Waals surface area contributed by atoms with E-state index >= 15 is 0 Å². The monoisotopic (exact) mass is 223 g/mol. The first kappa shape index (κ1) is 12.7. The molecule has 0 aliphatic carbocycles. The van der Waals surface area contributed by atoms with Gasteiger partial charge in [-0.15, -0.1) is 0 Å². The van der Waals surface area contributed by atoms with E-state index in [0.29, 0.717) is 13.2 Å². The maximum Gasteiger partial charge on any atom is 0.248 e. The summed E-state index contributed by atoms with van der Waals surface area (Å²) in [6.07, 6.45) is -0.977. The third kappa shape index (κ3) is 3.64. The number of aliphatic hydroxyl groups is 1. The number of rotatable bonds is 5. The minimum Gasteiger partial charge on any atom is -0.384 e. The maximum atomic E-state index is 11.2. The number of hydrogen-bond acceptors (Lipinski definition) is 3. The van der Waals surface area contributed by atoms with Gasteiger partial charge in [0.05, 0.1) is 6.61 Å². The summed E-state index contributed by atoms with van der Waals surface area (Å²) in [6, 6.07) is 7.71. The molecule has 1 atom stereocenters. The predicted octanol–water partition coefficient (Wildman–Crippen LogP) is 0.830. The minimum atomic E-state index is -0.977. The third-order valence-electron chi connectivity index (χ3n) is 2.25. The van der Waals surface area contributed by atoms with Crippen LogP contribution in [0.25, 0.3) is 0 Å². The molecule has 0 fully saturated rings.